The van der Waals surface area contributed by atoms with Crippen LogP contribution < -0.4 is 5.73 Å². The first-order valence-electron chi connectivity index (χ1n) is 4.04. The molecule has 0 atom stereocenters. The number of nitrogens with zero attached hydrogens (tertiary/aromatic N) is 2. The zero-order chi connectivity index (χ0) is 9.97. The van der Waals surface area contributed by atoms with Gasteiger partial charge >= 0.3 is 6.02 Å². The van der Waals surface area contributed by atoms with Crippen molar-refractivity contribution in [1.29, 1.82) is 0 Å². The Morgan fingerprint density at radius 3 is 2.50 bits per heavy atom. The molecule has 0 amide bonds. The standard InChI is InChI=1S/C9H8ClN3O/c10-7-3-1-6(2-4-7)8-5-14-9(11)13-12-8/h1-4H,5H2,(H2,11,13). The average Bonchev–Trinajstić information content (AvgIpc) is 2.21. The molecule has 1 aliphatic heterocycles. The van der Waals surface area contributed by atoms with E-state index < -0.39 is 0 Å². The van der Waals surface area contributed by atoms with Crippen LogP contribution in [0.15, 0.2) is 34.5 Å². The zero-order valence-corrected chi connectivity index (χ0v) is 8.03. The second-order valence-corrected chi connectivity index (χ2v) is 3.22. The predicted octanol–water partition coefficient (Wildman–Crippen LogP) is 1.39. The molecule has 2 rings (SSSR count). The molecule has 72 valence electrons. The Labute approximate surface area is 86.0 Å². The van der Waals surface area contributed by atoms with E-state index in [-0.39, 0.29) is 6.02 Å². The molecule has 1 aliphatic rings. The lowest BCUT2D eigenvalue weighted by Gasteiger charge is -2.10. The minimum absolute atomic E-state index is 0.0997. The van der Waals surface area contributed by atoms with Crippen LogP contribution >= 0.6 is 11.6 Å². The molecule has 0 bridgehead atoms. The first-order valence-corrected chi connectivity index (χ1v) is 4.42. The number of hydrogen-bond donors (Lipinski definition) is 1. The molecule has 2 N–H and O–H groups in total. The largest absolute Gasteiger partial charge is 0.458 e. The highest BCUT2D eigenvalue weighted by Crippen LogP contribution is 2.11. The molecule has 14 heavy (non-hydrogen) atoms. The van der Waals surface area contributed by atoms with E-state index >= 15 is 0 Å². The lowest BCUT2D eigenvalue weighted by Crippen LogP contribution is -2.24. The maximum Gasteiger partial charge on any atom is 0.306 e. The summed E-state index contributed by atoms with van der Waals surface area (Å²) in [6.45, 7) is 0.344. The van der Waals surface area contributed by atoms with Gasteiger partial charge in [0.2, 0.25) is 0 Å². The topological polar surface area (TPSA) is 60.0 Å². The molecule has 0 aromatic heterocycles. The molecule has 1 aromatic carbocycles. The first-order chi connectivity index (χ1) is 6.75. The molecule has 5 heteroatoms. The van der Waals surface area contributed by atoms with Crippen LogP contribution in [0.1, 0.15) is 5.56 Å². The maximum atomic E-state index is 5.76. The smallest absolute Gasteiger partial charge is 0.306 e. The third kappa shape index (κ3) is 1.85. The summed E-state index contributed by atoms with van der Waals surface area (Å²) >= 11 is 5.76. The van der Waals surface area contributed by atoms with Gasteiger partial charge in [-0.3, -0.25) is 0 Å². The zero-order valence-electron chi connectivity index (χ0n) is 7.27. The van der Waals surface area contributed by atoms with Crippen LogP contribution in [0.2, 0.25) is 5.02 Å². The van der Waals surface area contributed by atoms with Crippen molar-refractivity contribution in [2.24, 2.45) is 15.9 Å². The molecule has 1 aromatic rings. The van der Waals surface area contributed by atoms with Gasteiger partial charge in [-0.05, 0) is 12.1 Å². The van der Waals surface area contributed by atoms with Gasteiger partial charge in [-0.1, -0.05) is 28.8 Å². The van der Waals surface area contributed by atoms with Gasteiger partial charge in [0.1, 0.15) is 12.3 Å². The Hall–Kier alpha value is -1.55. The molecular formula is C9H8ClN3O. The monoisotopic (exact) mass is 209 g/mol. The molecule has 4 nitrogen and oxygen atoms in total. The summed E-state index contributed by atoms with van der Waals surface area (Å²) in [6, 6.07) is 7.41. The van der Waals surface area contributed by atoms with Crippen molar-refractivity contribution >= 4 is 23.3 Å². The van der Waals surface area contributed by atoms with Crippen molar-refractivity contribution in [3.63, 3.8) is 0 Å². The van der Waals surface area contributed by atoms with Crippen molar-refractivity contribution in [3.05, 3.63) is 34.9 Å². The summed E-state index contributed by atoms with van der Waals surface area (Å²) in [5, 5.41) is 8.25. The number of hydrogen-bond acceptors (Lipinski definition) is 4. The van der Waals surface area contributed by atoms with E-state index in [1.54, 1.807) is 12.1 Å². The Bertz CT molecular complexity index is 397. The van der Waals surface area contributed by atoms with Gasteiger partial charge in [0.15, 0.2) is 0 Å². The van der Waals surface area contributed by atoms with Gasteiger partial charge in [-0.15, -0.1) is 5.10 Å². The van der Waals surface area contributed by atoms with E-state index in [0.29, 0.717) is 11.6 Å². The van der Waals surface area contributed by atoms with Crippen LogP contribution in [0.4, 0.5) is 0 Å². The third-order valence-electron chi connectivity index (χ3n) is 1.80. The number of halogens is 1. The summed E-state index contributed by atoms with van der Waals surface area (Å²) in [6.07, 6.45) is 0. The quantitative estimate of drug-likeness (QED) is 0.760. The van der Waals surface area contributed by atoms with Crippen molar-refractivity contribution in [2.45, 2.75) is 0 Å². The Morgan fingerprint density at radius 2 is 1.93 bits per heavy atom. The predicted molar refractivity (Wildman–Crippen MR) is 55.6 cm³/mol. The summed E-state index contributed by atoms with van der Waals surface area (Å²) in [7, 11) is 0. The Balaban J connectivity index is 2.28. The number of nitrogens with two attached hydrogens (primary N) is 1. The summed E-state index contributed by atoms with van der Waals surface area (Å²) in [5.74, 6) is 0. The first kappa shape index (κ1) is 9.02. The van der Waals surface area contributed by atoms with Gasteiger partial charge in [-0.2, -0.15) is 0 Å². The normalized spacial score (nSPS) is 15.5. The summed E-state index contributed by atoms with van der Waals surface area (Å²) < 4.78 is 5.04. The van der Waals surface area contributed by atoms with Crippen LogP contribution in [-0.4, -0.2) is 18.3 Å². The van der Waals surface area contributed by atoms with Crippen LogP contribution in [0.3, 0.4) is 0 Å². The van der Waals surface area contributed by atoms with E-state index in [1.165, 1.54) is 0 Å². The molecule has 0 spiro atoms. The highest BCUT2D eigenvalue weighted by atomic mass is 35.5. The summed E-state index contributed by atoms with van der Waals surface area (Å²) in [4.78, 5) is 0. The maximum absolute atomic E-state index is 5.76. The van der Waals surface area contributed by atoms with Crippen molar-refractivity contribution < 1.29 is 4.74 Å². The second kappa shape index (κ2) is 3.67. The molecule has 0 unspecified atom stereocenters. The van der Waals surface area contributed by atoms with Crippen molar-refractivity contribution in [3.8, 4) is 0 Å². The SMILES string of the molecule is NC1=NN=C(c2ccc(Cl)cc2)CO1. The lowest BCUT2D eigenvalue weighted by atomic mass is 10.1. The number of benzene rings is 1. The fourth-order valence-corrected chi connectivity index (χ4v) is 1.22. The van der Waals surface area contributed by atoms with Gasteiger partial charge in [0.25, 0.3) is 0 Å². The average molecular weight is 210 g/mol. The number of rotatable bonds is 1. The van der Waals surface area contributed by atoms with Crippen LogP contribution in [0.5, 0.6) is 0 Å². The molecule has 0 saturated carbocycles. The third-order valence-corrected chi connectivity index (χ3v) is 2.06. The number of amidine groups is 1. The van der Waals surface area contributed by atoms with Crippen molar-refractivity contribution in [1.82, 2.24) is 0 Å². The van der Waals surface area contributed by atoms with Gasteiger partial charge in [0.05, 0.1) is 0 Å². The minimum Gasteiger partial charge on any atom is -0.458 e. The molecule has 1 heterocycles. The molecule has 0 radical (unpaired) electrons. The fourth-order valence-electron chi connectivity index (χ4n) is 1.09. The lowest BCUT2D eigenvalue weighted by molar-refractivity contribution is 0.350. The molecule has 0 saturated heterocycles. The van der Waals surface area contributed by atoms with Crippen LogP contribution in [0.25, 0.3) is 0 Å². The van der Waals surface area contributed by atoms with E-state index in [2.05, 4.69) is 10.2 Å². The van der Waals surface area contributed by atoms with E-state index in [0.717, 1.165) is 11.3 Å². The Kier molecular flexibility index (Phi) is 2.37. The van der Waals surface area contributed by atoms with E-state index in [4.69, 9.17) is 22.1 Å². The van der Waals surface area contributed by atoms with E-state index in [1.807, 2.05) is 12.1 Å². The van der Waals surface area contributed by atoms with Gasteiger partial charge in [0, 0.05) is 10.6 Å². The second-order valence-electron chi connectivity index (χ2n) is 2.78. The molecule has 0 aliphatic carbocycles. The highest BCUT2D eigenvalue weighted by Gasteiger charge is 2.09. The minimum atomic E-state index is 0.0997. The van der Waals surface area contributed by atoms with Crippen molar-refractivity contribution in [2.75, 3.05) is 6.61 Å². The van der Waals surface area contributed by atoms with E-state index in [9.17, 15) is 0 Å². The van der Waals surface area contributed by atoms with Gasteiger partial charge in [-0.25, -0.2) is 0 Å². The fraction of sp³-hybridized carbons (Fsp3) is 0.111. The molecule has 0 fully saturated rings. The van der Waals surface area contributed by atoms with Crippen LogP contribution in [0, 0.1) is 0 Å². The van der Waals surface area contributed by atoms with Crippen LogP contribution in [-0.2, 0) is 4.74 Å². The van der Waals surface area contributed by atoms with Gasteiger partial charge < -0.3 is 10.5 Å². The molecular weight excluding hydrogens is 202 g/mol. The highest BCUT2D eigenvalue weighted by molar-refractivity contribution is 6.30. The number of ether oxygens (including phenoxy) is 1. The summed E-state index contributed by atoms with van der Waals surface area (Å²) in [5.41, 5.74) is 6.98. The Morgan fingerprint density at radius 1 is 1.21 bits per heavy atom.